The second kappa shape index (κ2) is 6.43. The Hall–Kier alpha value is -0.620. The SMILES string of the molecule is CC1(C)CN(CC(O)c2ccc(C(N)=S)cc2)CCS1. The zero-order valence-electron chi connectivity index (χ0n) is 12.0. The Bertz CT molecular complexity index is 473. The summed E-state index contributed by atoms with van der Waals surface area (Å²) >= 11 is 6.93. The van der Waals surface area contributed by atoms with Crippen molar-refractivity contribution in [3.8, 4) is 0 Å². The van der Waals surface area contributed by atoms with E-state index in [1.807, 2.05) is 36.0 Å². The average Bonchev–Trinajstić information content (AvgIpc) is 2.37. The molecule has 110 valence electrons. The highest BCUT2D eigenvalue weighted by atomic mass is 32.2. The van der Waals surface area contributed by atoms with Crippen LogP contribution < -0.4 is 5.73 Å². The van der Waals surface area contributed by atoms with Crippen molar-refractivity contribution in [2.45, 2.75) is 24.7 Å². The van der Waals surface area contributed by atoms with Crippen molar-refractivity contribution in [1.82, 2.24) is 4.90 Å². The lowest BCUT2D eigenvalue weighted by atomic mass is 10.1. The van der Waals surface area contributed by atoms with Crippen LogP contribution in [0.1, 0.15) is 31.1 Å². The quantitative estimate of drug-likeness (QED) is 0.835. The third-order valence-electron chi connectivity index (χ3n) is 3.52. The Morgan fingerprint density at radius 1 is 1.45 bits per heavy atom. The zero-order chi connectivity index (χ0) is 14.8. The van der Waals surface area contributed by atoms with Gasteiger partial charge >= 0.3 is 0 Å². The van der Waals surface area contributed by atoms with Gasteiger partial charge < -0.3 is 10.8 Å². The number of hydrogen-bond acceptors (Lipinski definition) is 4. The predicted octanol–water partition coefficient (Wildman–Crippen LogP) is 2.18. The Morgan fingerprint density at radius 3 is 2.65 bits per heavy atom. The normalized spacial score (nSPS) is 20.6. The molecule has 3 N–H and O–H groups in total. The lowest BCUT2D eigenvalue weighted by Crippen LogP contribution is -2.44. The van der Waals surface area contributed by atoms with E-state index in [4.69, 9.17) is 18.0 Å². The molecule has 1 unspecified atom stereocenters. The molecule has 1 heterocycles. The highest BCUT2D eigenvalue weighted by molar-refractivity contribution is 8.00. The lowest BCUT2D eigenvalue weighted by molar-refractivity contribution is 0.110. The third-order valence-corrected chi connectivity index (χ3v) is 5.05. The van der Waals surface area contributed by atoms with E-state index in [0.29, 0.717) is 11.5 Å². The fourth-order valence-corrected chi connectivity index (χ4v) is 3.80. The Kier molecular flexibility index (Phi) is 5.07. The van der Waals surface area contributed by atoms with Crippen LogP contribution in [-0.4, -0.2) is 45.1 Å². The van der Waals surface area contributed by atoms with Crippen LogP contribution in [0.4, 0.5) is 0 Å². The van der Waals surface area contributed by atoms with Crippen LogP contribution in [0.25, 0.3) is 0 Å². The first-order valence-corrected chi connectivity index (χ1v) is 8.21. The molecule has 0 aromatic heterocycles. The molecule has 1 fully saturated rings. The first kappa shape index (κ1) is 15.8. The summed E-state index contributed by atoms with van der Waals surface area (Å²) in [6, 6.07) is 7.56. The summed E-state index contributed by atoms with van der Waals surface area (Å²) in [4.78, 5) is 2.73. The van der Waals surface area contributed by atoms with Gasteiger partial charge in [-0.1, -0.05) is 36.5 Å². The molecule has 1 aliphatic rings. The van der Waals surface area contributed by atoms with Crippen molar-refractivity contribution in [2.24, 2.45) is 5.73 Å². The highest BCUT2D eigenvalue weighted by Gasteiger charge is 2.28. The average molecular weight is 310 g/mol. The molecule has 1 aromatic rings. The van der Waals surface area contributed by atoms with Crippen molar-refractivity contribution in [1.29, 1.82) is 0 Å². The number of benzene rings is 1. The minimum absolute atomic E-state index is 0.271. The molecule has 2 rings (SSSR count). The van der Waals surface area contributed by atoms with Crippen LogP contribution in [0.15, 0.2) is 24.3 Å². The largest absolute Gasteiger partial charge is 0.389 e. The number of nitrogens with zero attached hydrogens (tertiary/aromatic N) is 1. The fraction of sp³-hybridized carbons (Fsp3) is 0.533. The van der Waals surface area contributed by atoms with Crippen molar-refractivity contribution in [2.75, 3.05) is 25.4 Å². The molecule has 0 saturated carbocycles. The van der Waals surface area contributed by atoms with Crippen LogP contribution in [0.3, 0.4) is 0 Å². The minimum atomic E-state index is -0.464. The summed E-state index contributed by atoms with van der Waals surface area (Å²) in [6.07, 6.45) is -0.464. The minimum Gasteiger partial charge on any atom is -0.389 e. The molecule has 3 nitrogen and oxygen atoms in total. The molecule has 1 saturated heterocycles. The second-order valence-corrected chi connectivity index (χ2v) is 8.09. The molecule has 0 radical (unpaired) electrons. The monoisotopic (exact) mass is 310 g/mol. The summed E-state index contributed by atoms with van der Waals surface area (Å²) in [5.74, 6) is 1.13. The fourth-order valence-electron chi connectivity index (χ4n) is 2.49. The molecule has 0 aliphatic carbocycles. The van der Waals surface area contributed by atoms with Gasteiger partial charge in [-0.05, 0) is 19.4 Å². The van der Waals surface area contributed by atoms with Gasteiger partial charge in [0.2, 0.25) is 0 Å². The number of hydrogen-bond donors (Lipinski definition) is 2. The molecule has 5 heteroatoms. The van der Waals surface area contributed by atoms with E-state index in [0.717, 1.165) is 30.0 Å². The van der Waals surface area contributed by atoms with Gasteiger partial charge in [0.1, 0.15) is 4.99 Å². The van der Waals surface area contributed by atoms with E-state index in [-0.39, 0.29) is 4.75 Å². The summed E-state index contributed by atoms with van der Waals surface area (Å²) in [7, 11) is 0. The molecule has 1 aromatic carbocycles. The molecule has 0 amide bonds. The van der Waals surface area contributed by atoms with E-state index >= 15 is 0 Å². The molecule has 0 spiro atoms. The van der Waals surface area contributed by atoms with E-state index in [2.05, 4.69) is 18.7 Å². The van der Waals surface area contributed by atoms with Gasteiger partial charge in [0.05, 0.1) is 6.10 Å². The molecular weight excluding hydrogens is 288 g/mol. The lowest BCUT2D eigenvalue weighted by Gasteiger charge is -2.38. The van der Waals surface area contributed by atoms with Crippen LogP contribution in [-0.2, 0) is 0 Å². The van der Waals surface area contributed by atoms with Gasteiger partial charge in [0.15, 0.2) is 0 Å². The van der Waals surface area contributed by atoms with Crippen LogP contribution >= 0.6 is 24.0 Å². The van der Waals surface area contributed by atoms with Gasteiger partial charge in [-0.2, -0.15) is 11.8 Å². The first-order chi connectivity index (χ1) is 9.37. The molecule has 1 aliphatic heterocycles. The number of β-amino-alcohol motifs (C(OH)–C–C–N with tert-alkyl or cyclic N) is 1. The highest BCUT2D eigenvalue weighted by Crippen LogP contribution is 2.30. The summed E-state index contributed by atoms with van der Waals surface area (Å²) < 4.78 is 0.271. The molecule has 20 heavy (non-hydrogen) atoms. The third kappa shape index (κ3) is 4.19. The van der Waals surface area contributed by atoms with Gasteiger partial charge in [0, 0.05) is 35.7 Å². The first-order valence-electron chi connectivity index (χ1n) is 6.81. The second-order valence-electron chi connectivity index (χ2n) is 5.85. The van der Waals surface area contributed by atoms with Crippen molar-refractivity contribution in [3.63, 3.8) is 0 Å². The Labute approximate surface area is 130 Å². The van der Waals surface area contributed by atoms with E-state index in [9.17, 15) is 5.11 Å². The van der Waals surface area contributed by atoms with Crippen LogP contribution in [0.2, 0.25) is 0 Å². The smallest absolute Gasteiger partial charge is 0.103 e. The van der Waals surface area contributed by atoms with Gasteiger partial charge in [-0.25, -0.2) is 0 Å². The van der Waals surface area contributed by atoms with Crippen molar-refractivity contribution >= 4 is 29.0 Å². The number of aliphatic hydroxyl groups is 1. The number of thioether (sulfide) groups is 1. The topological polar surface area (TPSA) is 49.5 Å². The number of aliphatic hydroxyl groups excluding tert-OH is 1. The number of nitrogens with two attached hydrogens (primary N) is 1. The van der Waals surface area contributed by atoms with E-state index < -0.39 is 6.10 Å². The van der Waals surface area contributed by atoms with Crippen molar-refractivity contribution in [3.05, 3.63) is 35.4 Å². The molecular formula is C15H22N2OS2. The summed E-state index contributed by atoms with van der Waals surface area (Å²) in [5.41, 5.74) is 7.33. The molecule has 1 atom stereocenters. The molecule has 0 bridgehead atoms. The van der Waals surface area contributed by atoms with Gasteiger partial charge in [-0.3, -0.25) is 4.90 Å². The maximum Gasteiger partial charge on any atom is 0.103 e. The standard InChI is InChI=1S/C15H22N2OS2/c1-15(2)10-17(7-8-20-15)9-13(18)11-3-5-12(6-4-11)14(16)19/h3-6,13,18H,7-10H2,1-2H3,(H2,16,19). The van der Waals surface area contributed by atoms with Gasteiger partial charge in [0.25, 0.3) is 0 Å². The maximum absolute atomic E-state index is 10.4. The van der Waals surface area contributed by atoms with E-state index in [1.54, 1.807) is 0 Å². The number of thiocarbonyl (C=S) groups is 1. The summed E-state index contributed by atoms with van der Waals surface area (Å²) in [6.45, 7) is 7.24. The number of rotatable bonds is 4. The Morgan fingerprint density at radius 2 is 2.10 bits per heavy atom. The van der Waals surface area contributed by atoms with Crippen LogP contribution in [0, 0.1) is 0 Å². The van der Waals surface area contributed by atoms with Gasteiger partial charge in [-0.15, -0.1) is 0 Å². The van der Waals surface area contributed by atoms with Crippen molar-refractivity contribution < 1.29 is 5.11 Å². The van der Waals surface area contributed by atoms with Crippen LogP contribution in [0.5, 0.6) is 0 Å². The Balaban J connectivity index is 1.97. The zero-order valence-corrected chi connectivity index (χ0v) is 13.6. The maximum atomic E-state index is 10.4. The predicted molar refractivity (Wildman–Crippen MR) is 90.3 cm³/mol. The summed E-state index contributed by atoms with van der Waals surface area (Å²) in [5, 5.41) is 10.4. The van der Waals surface area contributed by atoms with E-state index in [1.165, 1.54) is 0 Å².